The predicted molar refractivity (Wildman–Crippen MR) is 98.9 cm³/mol. The van der Waals surface area contributed by atoms with Crippen LogP contribution in [0.15, 0.2) is 30.5 Å². The van der Waals surface area contributed by atoms with Gasteiger partial charge in [0, 0.05) is 18.3 Å². The Labute approximate surface area is 149 Å². The number of carbonyl (C=O) groups is 1. The van der Waals surface area contributed by atoms with Crippen LogP contribution in [0.2, 0.25) is 0 Å². The molecular weight excluding hydrogens is 312 g/mol. The van der Waals surface area contributed by atoms with Crippen LogP contribution in [0.3, 0.4) is 0 Å². The number of hydrogen-bond acceptors (Lipinski definition) is 3. The molecule has 1 atom stereocenters. The number of benzene rings is 1. The van der Waals surface area contributed by atoms with E-state index in [2.05, 4.69) is 42.3 Å². The summed E-state index contributed by atoms with van der Waals surface area (Å²) in [5.74, 6) is 1.04. The average molecular weight is 338 g/mol. The largest absolute Gasteiger partial charge is 0.481 e. The molecule has 1 aliphatic rings. The second kappa shape index (κ2) is 7.26. The standard InChI is InChI=1S/C21H26N2O2/c1-13-5-6-17(9-14(13)2)15(3)20(24)22-12-19-10-18(16-7-8-16)11-23-21(19)25-4/h5-6,9-11,15-16H,7-8,12H2,1-4H3,(H,22,24)/t15-/m0/s1. The summed E-state index contributed by atoms with van der Waals surface area (Å²) in [6.07, 6.45) is 4.34. The summed E-state index contributed by atoms with van der Waals surface area (Å²) in [5, 5.41) is 3.03. The van der Waals surface area contributed by atoms with Crippen LogP contribution in [0.5, 0.6) is 5.88 Å². The first kappa shape index (κ1) is 17.5. The molecule has 1 aromatic heterocycles. The normalized spacial score (nSPS) is 14.9. The van der Waals surface area contributed by atoms with E-state index in [1.54, 1.807) is 7.11 Å². The molecule has 0 radical (unpaired) electrons. The first-order valence-electron chi connectivity index (χ1n) is 8.87. The maximum atomic E-state index is 12.6. The maximum Gasteiger partial charge on any atom is 0.227 e. The molecule has 4 heteroatoms. The van der Waals surface area contributed by atoms with Crippen molar-refractivity contribution >= 4 is 5.91 Å². The van der Waals surface area contributed by atoms with Gasteiger partial charge in [0.05, 0.1) is 13.0 Å². The smallest absolute Gasteiger partial charge is 0.227 e. The van der Waals surface area contributed by atoms with Crippen LogP contribution in [0.25, 0.3) is 0 Å². The van der Waals surface area contributed by atoms with Crippen molar-refractivity contribution in [2.75, 3.05) is 7.11 Å². The number of methoxy groups -OCH3 is 1. The molecule has 25 heavy (non-hydrogen) atoms. The minimum atomic E-state index is -0.190. The zero-order valence-corrected chi connectivity index (χ0v) is 15.4. The molecule has 0 bridgehead atoms. The molecule has 1 aromatic carbocycles. The van der Waals surface area contributed by atoms with Gasteiger partial charge in [-0.05, 0) is 67.9 Å². The lowest BCUT2D eigenvalue weighted by Crippen LogP contribution is -2.28. The summed E-state index contributed by atoms with van der Waals surface area (Å²) in [4.78, 5) is 17.0. The lowest BCUT2D eigenvalue weighted by molar-refractivity contribution is -0.122. The summed E-state index contributed by atoms with van der Waals surface area (Å²) < 4.78 is 5.34. The fourth-order valence-corrected chi connectivity index (χ4v) is 2.99. The number of pyridine rings is 1. The van der Waals surface area contributed by atoms with Crippen molar-refractivity contribution in [3.63, 3.8) is 0 Å². The molecule has 0 spiro atoms. The number of amides is 1. The zero-order chi connectivity index (χ0) is 18.0. The van der Waals surface area contributed by atoms with E-state index in [4.69, 9.17) is 4.74 Å². The topological polar surface area (TPSA) is 51.2 Å². The minimum absolute atomic E-state index is 0.0159. The van der Waals surface area contributed by atoms with Gasteiger partial charge in [-0.3, -0.25) is 4.79 Å². The second-order valence-electron chi connectivity index (χ2n) is 6.99. The number of carbonyl (C=O) groups excluding carboxylic acids is 1. The van der Waals surface area contributed by atoms with Gasteiger partial charge in [-0.1, -0.05) is 18.2 Å². The third-order valence-corrected chi connectivity index (χ3v) is 5.07. The van der Waals surface area contributed by atoms with Gasteiger partial charge >= 0.3 is 0 Å². The molecule has 1 fully saturated rings. The minimum Gasteiger partial charge on any atom is -0.481 e. The molecular formula is C21H26N2O2. The van der Waals surface area contributed by atoms with Crippen molar-refractivity contribution in [3.05, 3.63) is 58.3 Å². The Balaban J connectivity index is 1.68. The first-order valence-corrected chi connectivity index (χ1v) is 8.87. The van der Waals surface area contributed by atoms with Crippen LogP contribution in [-0.2, 0) is 11.3 Å². The molecule has 132 valence electrons. The summed E-state index contributed by atoms with van der Waals surface area (Å²) in [6, 6.07) is 8.31. The molecule has 3 rings (SSSR count). The van der Waals surface area contributed by atoms with E-state index < -0.39 is 0 Å². The van der Waals surface area contributed by atoms with Crippen molar-refractivity contribution < 1.29 is 9.53 Å². The van der Waals surface area contributed by atoms with Crippen LogP contribution in [0.4, 0.5) is 0 Å². The van der Waals surface area contributed by atoms with Gasteiger partial charge in [-0.15, -0.1) is 0 Å². The predicted octanol–water partition coefficient (Wildman–Crippen LogP) is 4.00. The summed E-state index contributed by atoms with van der Waals surface area (Å²) in [5.41, 5.74) is 5.67. The number of aryl methyl sites for hydroxylation is 2. The lowest BCUT2D eigenvalue weighted by atomic mass is 9.96. The molecule has 1 heterocycles. The van der Waals surface area contributed by atoms with Gasteiger partial charge in [-0.2, -0.15) is 0 Å². The Hall–Kier alpha value is -2.36. The number of hydrogen-bond donors (Lipinski definition) is 1. The van der Waals surface area contributed by atoms with Crippen LogP contribution in [-0.4, -0.2) is 18.0 Å². The maximum absolute atomic E-state index is 12.6. The number of rotatable bonds is 6. The highest BCUT2D eigenvalue weighted by molar-refractivity contribution is 5.83. The Morgan fingerprint density at radius 3 is 2.68 bits per heavy atom. The van der Waals surface area contributed by atoms with Gasteiger partial charge in [0.15, 0.2) is 0 Å². The molecule has 4 nitrogen and oxygen atoms in total. The second-order valence-corrected chi connectivity index (χ2v) is 6.99. The molecule has 1 saturated carbocycles. The Morgan fingerprint density at radius 2 is 2.04 bits per heavy atom. The van der Waals surface area contributed by atoms with Gasteiger partial charge in [0.25, 0.3) is 0 Å². The highest BCUT2D eigenvalue weighted by atomic mass is 16.5. The van der Waals surface area contributed by atoms with Gasteiger partial charge in [0.1, 0.15) is 0 Å². The van der Waals surface area contributed by atoms with Crippen LogP contribution in [0.1, 0.15) is 59.4 Å². The molecule has 0 aliphatic heterocycles. The Bertz CT molecular complexity index is 781. The van der Waals surface area contributed by atoms with Gasteiger partial charge in [0.2, 0.25) is 11.8 Å². The van der Waals surface area contributed by atoms with E-state index in [9.17, 15) is 4.79 Å². The highest BCUT2D eigenvalue weighted by Crippen LogP contribution is 2.40. The SMILES string of the molecule is COc1ncc(C2CC2)cc1CNC(=O)[C@@H](C)c1ccc(C)c(C)c1. The number of aromatic nitrogens is 1. The molecule has 1 N–H and O–H groups in total. The summed E-state index contributed by atoms with van der Waals surface area (Å²) in [6.45, 7) is 6.53. The van der Waals surface area contributed by atoms with Crippen molar-refractivity contribution in [2.24, 2.45) is 0 Å². The number of ether oxygens (including phenoxy) is 1. The number of nitrogens with zero attached hydrogens (tertiary/aromatic N) is 1. The molecule has 1 amide bonds. The van der Waals surface area contributed by atoms with Crippen LogP contribution >= 0.6 is 0 Å². The fraction of sp³-hybridized carbons (Fsp3) is 0.429. The van der Waals surface area contributed by atoms with Gasteiger partial charge < -0.3 is 10.1 Å². The highest BCUT2D eigenvalue weighted by Gasteiger charge is 2.25. The Kier molecular flexibility index (Phi) is 5.07. The van der Waals surface area contributed by atoms with Crippen LogP contribution < -0.4 is 10.1 Å². The monoisotopic (exact) mass is 338 g/mol. The number of nitrogens with one attached hydrogen (secondary N) is 1. The van der Waals surface area contributed by atoms with E-state index in [1.165, 1.54) is 29.5 Å². The van der Waals surface area contributed by atoms with Crippen molar-refractivity contribution in [1.29, 1.82) is 0 Å². The first-order chi connectivity index (χ1) is 12.0. The molecule has 0 unspecified atom stereocenters. The van der Waals surface area contributed by atoms with Crippen molar-refractivity contribution in [2.45, 2.75) is 52.0 Å². The van der Waals surface area contributed by atoms with Crippen molar-refractivity contribution in [1.82, 2.24) is 10.3 Å². The molecule has 1 aliphatic carbocycles. The molecule has 0 saturated heterocycles. The summed E-state index contributed by atoms with van der Waals surface area (Å²) in [7, 11) is 1.61. The van der Waals surface area contributed by atoms with Gasteiger partial charge in [-0.25, -0.2) is 4.98 Å². The third-order valence-electron chi connectivity index (χ3n) is 5.07. The quantitative estimate of drug-likeness (QED) is 0.866. The average Bonchev–Trinajstić information content (AvgIpc) is 3.46. The van der Waals surface area contributed by atoms with E-state index in [1.807, 2.05) is 19.2 Å². The fourth-order valence-electron chi connectivity index (χ4n) is 2.99. The van der Waals surface area contributed by atoms with Crippen LogP contribution in [0, 0.1) is 13.8 Å². The Morgan fingerprint density at radius 1 is 1.28 bits per heavy atom. The van der Waals surface area contributed by atoms with Crippen molar-refractivity contribution in [3.8, 4) is 5.88 Å². The van der Waals surface area contributed by atoms with E-state index in [-0.39, 0.29) is 11.8 Å². The summed E-state index contributed by atoms with van der Waals surface area (Å²) >= 11 is 0. The van der Waals surface area contributed by atoms with E-state index in [0.717, 1.165) is 11.1 Å². The lowest BCUT2D eigenvalue weighted by Gasteiger charge is -2.15. The van der Waals surface area contributed by atoms with E-state index >= 15 is 0 Å². The molecule has 2 aromatic rings. The van der Waals surface area contributed by atoms with E-state index in [0.29, 0.717) is 18.3 Å². The zero-order valence-electron chi connectivity index (χ0n) is 15.4. The third kappa shape index (κ3) is 4.01.